The van der Waals surface area contributed by atoms with Gasteiger partial charge >= 0.3 is 0 Å². The fraction of sp³-hybridized carbons (Fsp3) is 0.667. The van der Waals surface area contributed by atoms with Gasteiger partial charge in [0.25, 0.3) is 0 Å². The summed E-state index contributed by atoms with van der Waals surface area (Å²) in [4.78, 5) is 1.39. The van der Waals surface area contributed by atoms with Crippen LogP contribution in [0.1, 0.15) is 31.6 Å². The largest absolute Gasteiger partial charge is 0.319 e. The van der Waals surface area contributed by atoms with E-state index in [1.807, 2.05) is 13.1 Å². The summed E-state index contributed by atoms with van der Waals surface area (Å²) >= 11 is 7.65. The second kappa shape index (κ2) is 5.88. The molecule has 0 radical (unpaired) electrons. The van der Waals surface area contributed by atoms with Crippen LogP contribution in [0.3, 0.4) is 0 Å². The zero-order chi connectivity index (χ0) is 11.3. The summed E-state index contributed by atoms with van der Waals surface area (Å²) < 4.78 is 0.897. The summed E-state index contributed by atoms with van der Waals surface area (Å²) in [7, 11) is 2.02. The van der Waals surface area contributed by atoms with Crippen molar-refractivity contribution in [3.8, 4) is 0 Å². The van der Waals surface area contributed by atoms with E-state index in [0.29, 0.717) is 5.41 Å². The highest BCUT2D eigenvalue weighted by Gasteiger charge is 2.23. The highest BCUT2D eigenvalue weighted by Crippen LogP contribution is 2.32. The van der Waals surface area contributed by atoms with E-state index in [1.165, 1.54) is 17.7 Å². The fourth-order valence-corrected chi connectivity index (χ4v) is 3.44. The Morgan fingerprint density at radius 1 is 1.47 bits per heavy atom. The molecule has 86 valence electrons. The topological polar surface area (TPSA) is 12.0 Å². The molecule has 3 heteroatoms. The zero-order valence-corrected chi connectivity index (χ0v) is 11.3. The fourth-order valence-electron chi connectivity index (χ4n) is 2.14. The molecule has 0 aliphatic heterocycles. The van der Waals surface area contributed by atoms with Gasteiger partial charge in [-0.05, 0) is 37.4 Å². The van der Waals surface area contributed by atoms with Gasteiger partial charge in [-0.2, -0.15) is 0 Å². The number of hydrogen-bond donors (Lipinski definition) is 1. The van der Waals surface area contributed by atoms with Gasteiger partial charge in [0.2, 0.25) is 0 Å². The number of thiophene rings is 1. The molecule has 1 atom stereocenters. The maximum atomic E-state index is 5.95. The molecule has 1 unspecified atom stereocenters. The average Bonchev–Trinajstić information content (AvgIpc) is 2.51. The summed E-state index contributed by atoms with van der Waals surface area (Å²) in [5.74, 6) is 0. The summed E-state index contributed by atoms with van der Waals surface area (Å²) in [6, 6.07) is 4.14. The van der Waals surface area contributed by atoms with Crippen LogP contribution in [0.15, 0.2) is 12.1 Å². The Labute approximate surface area is 102 Å². The summed E-state index contributed by atoms with van der Waals surface area (Å²) in [6.07, 6.45) is 3.61. The van der Waals surface area contributed by atoms with E-state index in [1.54, 1.807) is 11.3 Å². The van der Waals surface area contributed by atoms with Crippen molar-refractivity contribution in [2.45, 2.75) is 33.1 Å². The number of rotatable bonds is 6. The lowest BCUT2D eigenvalue weighted by molar-refractivity contribution is 0.285. The van der Waals surface area contributed by atoms with E-state index in [9.17, 15) is 0 Å². The van der Waals surface area contributed by atoms with Gasteiger partial charge in [0.05, 0.1) is 4.34 Å². The Kier molecular flexibility index (Phi) is 5.10. The summed E-state index contributed by atoms with van der Waals surface area (Å²) in [5.41, 5.74) is 0.359. The molecule has 1 N–H and O–H groups in total. The Balaban J connectivity index is 2.65. The first kappa shape index (κ1) is 13.0. The Morgan fingerprint density at radius 3 is 2.67 bits per heavy atom. The van der Waals surface area contributed by atoms with Crippen molar-refractivity contribution in [3.05, 3.63) is 21.3 Å². The van der Waals surface area contributed by atoms with Crippen LogP contribution in [0.25, 0.3) is 0 Å². The molecule has 0 saturated carbocycles. The van der Waals surface area contributed by atoms with Crippen LogP contribution in [0.4, 0.5) is 0 Å². The average molecular weight is 246 g/mol. The maximum Gasteiger partial charge on any atom is 0.0931 e. The monoisotopic (exact) mass is 245 g/mol. The zero-order valence-electron chi connectivity index (χ0n) is 9.77. The van der Waals surface area contributed by atoms with Crippen LogP contribution in [0, 0.1) is 5.41 Å². The quantitative estimate of drug-likeness (QED) is 0.800. The Hall–Kier alpha value is -0.0500. The van der Waals surface area contributed by atoms with Crippen LogP contribution in [0.2, 0.25) is 4.34 Å². The predicted molar refractivity (Wildman–Crippen MR) is 70.0 cm³/mol. The van der Waals surface area contributed by atoms with Crippen LogP contribution < -0.4 is 5.32 Å². The molecular formula is C12H20ClNS. The number of halogens is 1. The highest BCUT2D eigenvalue weighted by molar-refractivity contribution is 7.16. The molecule has 1 nitrogen and oxygen atoms in total. The van der Waals surface area contributed by atoms with Gasteiger partial charge in [0, 0.05) is 11.4 Å². The molecule has 15 heavy (non-hydrogen) atoms. The minimum absolute atomic E-state index is 0.359. The molecule has 0 amide bonds. The second-order valence-corrected chi connectivity index (χ2v) is 6.27. The molecule has 0 bridgehead atoms. The van der Waals surface area contributed by atoms with Gasteiger partial charge in [-0.15, -0.1) is 11.3 Å². The van der Waals surface area contributed by atoms with Gasteiger partial charge < -0.3 is 5.32 Å². The van der Waals surface area contributed by atoms with E-state index in [4.69, 9.17) is 11.6 Å². The van der Waals surface area contributed by atoms with Gasteiger partial charge in [-0.1, -0.05) is 31.9 Å². The van der Waals surface area contributed by atoms with E-state index in [2.05, 4.69) is 25.2 Å². The lowest BCUT2D eigenvalue weighted by atomic mass is 9.82. The first-order valence-electron chi connectivity index (χ1n) is 5.48. The molecule has 0 saturated heterocycles. The molecule has 0 spiro atoms. The minimum Gasteiger partial charge on any atom is -0.319 e. The Bertz CT molecular complexity index is 290. The van der Waals surface area contributed by atoms with Crippen LogP contribution in [0.5, 0.6) is 0 Å². The van der Waals surface area contributed by atoms with Gasteiger partial charge in [-0.3, -0.25) is 0 Å². The smallest absolute Gasteiger partial charge is 0.0931 e. The van der Waals surface area contributed by atoms with E-state index in [-0.39, 0.29) is 0 Å². The molecule has 0 aliphatic carbocycles. The highest BCUT2D eigenvalue weighted by atomic mass is 35.5. The number of nitrogens with one attached hydrogen (secondary N) is 1. The van der Waals surface area contributed by atoms with Gasteiger partial charge in [-0.25, -0.2) is 0 Å². The van der Waals surface area contributed by atoms with Crippen molar-refractivity contribution in [1.29, 1.82) is 0 Å². The van der Waals surface area contributed by atoms with Gasteiger partial charge in [0.15, 0.2) is 0 Å². The van der Waals surface area contributed by atoms with E-state index in [0.717, 1.165) is 17.3 Å². The minimum atomic E-state index is 0.359. The Morgan fingerprint density at radius 2 is 2.20 bits per heavy atom. The molecule has 0 fully saturated rings. The van der Waals surface area contributed by atoms with Crippen molar-refractivity contribution in [1.82, 2.24) is 5.32 Å². The maximum absolute atomic E-state index is 5.95. The van der Waals surface area contributed by atoms with Crippen molar-refractivity contribution in [3.63, 3.8) is 0 Å². The third-order valence-electron chi connectivity index (χ3n) is 2.69. The van der Waals surface area contributed by atoms with Crippen molar-refractivity contribution >= 4 is 22.9 Å². The molecule has 1 rings (SSSR count). The molecule has 0 aromatic carbocycles. The van der Waals surface area contributed by atoms with Crippen LogP contribution in [-0.2, 0) is 6.42 Å². The lowest BCUT2D eigenvalue weighted by Crippen LogP contribution is -2.31. The van der Waals surface area contributed by atoms with Crippen molar-refractivity contribution < 1.29 is 0 Å². The normalized spacial score (nSPS) is 15.2. The van der Waals surface area contributed by atoms with E-state index < -0.39 is 0 Å². The summed E-state index contributed by atoms with van der Waals surface area (Å²) in [5, 5.41) is 3.29. The molecular weight excluding hydrogens is 226 g/mol. The van der Waals surface area contributed by atoms with Gasteiger partial charge in [0.1, 0.15) is 0 Å². The molecule has 0 aliphatic rings. The SMILES string of the molecule is CCCC(C)(CNC)Cc1ccc(Cl)s1. The third kappa shape index (κ3) is 4.13. The first-order valence-corrected chi connectivity index (χ1v) is 6.68. The standard InChI is InChI=1S/C12H20ClNS/c1-4-7-12(2,9-14-3)8-10-5-6-11(13)15-10/h5-6,14H,4,7-9H2,1-3H3. The van der Waals surface area contributed by atoms with Crippen LogP contribution in [-0.4, -0.2) is 13.6 Å². The van der Waals surface area contributed by atoms with Crippen molar-refractivity contribution in [2.75, 3.05) is 13.6 Å². The van der Waals surface area contributed by atoms with Crippen molar-refractivity contribution in [2.24, 2.45) is 5.41 Å². The molecule has 1 heterocycles. The third-order valence-corrected chi connectivity index (χ3v) is 3.92. The number of hydrogen-bond acceptors (Lipinski definition) is 2. The summed E-state index contributed by atoms with van der Waals surface area (Å²) in [6.45, 7) is 5.66. The van der Waals surface area contributed by atoms with Crippen LogP contribution >= 0.6 is 22.9 Å². The second-order valence-electron chi connectivity index (χ2n) is 4.47. The molecule has 1 aromatic heterocycles. The van der Waals surface area contributed by atoms with E-state index >= 15 is 0 Å². The molecule has 1 aromatic rings. The lowest BCUT2D eigenvalue weighted by Gasteiger charge is -2.28. The predicted octanol–water partition coefficient (Wildman–Crippen LogP) is 3.97. The first-order chi connectivity index (χ1) is 7.09.